The number of fused-ring (bicyclic) bond motifs is 1. The second-order valence-electron chi connectivity index (χ2n) is 8.05. The zero-order valence-electron chi connectivity index (χ0n) is 17.4. The molecule has 3 atom stereocenters. The SMILES string of the molecule is COc1ccc([C@@H]2CCC(C[C@H](C)c3cccc4c(F)cccc34)C2)cc1.O=C=O. The van der Waals surface area contributed by atoms with Gasteiger partial charge in [0, 0.05) is 5.39 Å². The Kier molecular flexibility index (Phi) is 7.37. The average molecular weight is 406 g/mol. The van der Waals surface area contributed by atoms with Crippen molar-refractivity contribution in [3.63, 3.8) is 0 Å². The molecular formula is C26H27FO3. The smallest absolute Gasteiger partial charge is 0.373 e. The number of hydrogen-bond acceptors (Lipinski definition) is 3. The molecule has 1 aliphatic rings. The molecule has 30 heavy (non-hydrogen) atoms. The van der Waals surface area contributed by atoms with Crippen LogP contribution in [0.2, 0.25) is 0 Å². The van der Waals surface area contributed by atoms with Gasteiger partial charge in [-0.15, -0.1) is 0 Å². The van der Waals surface area contributed by atoms with Gasteiger partial charge in [-0.3, -0.25) is 0 Å². The number of benzene rings is 3. The third kappa shape index (κ3) is 4.95. The van der Waals surface area contributed by atoms with Crippen LogP contribution in [-0.2, 0) is 9.59 Å². The van der Waals surface area contributed by atoms with Crippen molar-refractivity contribution in [2.24, 2.45) is 5.92 Å². The van der Waals surface area contributed by atoms with Gasteiger partial charge in [0.05, 0.1) is 7.11 Å². The van der Waals surface area contributed by atoms with Crippen molar-refractivity contribution < 1.29 is 18.7 Å². The van der Waals surface area contributed by atoms with Gasteiger partial charge in [-0.25, -0.2) is 4.39 Å². The van der Waals surface area contributed by atoms with E-state index in [-0.39, 0.29) is 12.0 Å². The van der Waals surface area contributed by atoms with Crippen LogP contribution in [0.4, 0.5) is 4.39 Å². The molecule has 1 aliphatic carbocycles. The van der Waals surface area contributed by atoms with Crippen LogP contribution < -0.4 is 4.74 Å². The summed E-state index contributed by atoms with van der Waals surface area (Å²) >= 11 is 0. The lowest BCUT2D eigenvalue weighted by atomic mass is 9.86. The number of halogens is 1. The number of carbonyl (C=O) groups excluding carboxylic acids is 2. The Balaban J connectivity index is 0.000000806. The van der Waals surface area contributed by atoms with E-state index in [1.165, 1.54) is 36.8 Å². The Morgan fingerprint density at radius 3 is 2.37 bits per heavy atom. The molecule has 1 unspecified atom stereocenters. The summed E-state index contributed by atoms with van der Waals surface area (Å²) in [5.74, 6) is 2.62. The van der Waals surface area contributed by atoms with Gasteiger partial charge < -0.3 is 4.74 Å². The van der Waals surface area contributed by atoms with E-state index in [9.17, 15) is 4.39 Å². The molecule has 0 saturated heterocycles. The van der Waals surface area contributed by atoms with E-state index in [1.54, 1.807) is 13.2 Å². The van der Waals surface area contributed by atoms with Crippen molar-refractivity contribution in [1.29, 1.82) is 0 Å². The van der Waals surface area contributed by atoms with Crippen LogP contribution in [0.15, 0.2) is 60.7 Å². The van der Waals surface area contributed by atoms with Crippen LogP contribution in [-0.4, -0.2) is 13.3 Å². The molecule has 0 heterocycles. The lowest BCUT2D eigenvalue weighted by Crippen LogP contribution is -2.03. The topological polar surface area (TPSA) is 43.4 Å². The van der Waals surface area contributed by atoms with Gasteiger partial charge in [0.15, 0.2) is 0 Å². The van der Waals surface area contributed by atoms with Crippen LogP contribution in [0.1, 0.15) is 55.6 Å². The second kappa shape index (κ2) is 10.2. The molecule has 0 bridgehead atoms. The van der Waals surface area contributed by atoms with Gasteiger partial charge in [-0.1, -0.05) is 49.4 Å². The van der Waals surface area contributed by atoms with E-state index in [0.29, 0.717) is 11.8 Å². The Labute approximate surface area is 176 Å². The van der Waals surface area contributed by atoms with Gasteiger partial charge >= 0.3 is 6.15 Å². The molecular weight excluding hydrogens is 379 g/mol. The molecule has 0 radical (unpaired) electrons. The highest BCUT2D eigenvalue weighted by Crippen LogP contribution is 2.43. The first-order valence-corrected chi connectivity index (χ1v) is 10.4. The van der Waals surface area contributed by atoms with E-state index in [4.69, 9.17) is 14.3 Å². The van der Waals surface area contributed by atoms with E-state index in [0.717, 1.165) is 22.4 Å². The minimum atomic E-state index is -0.123. The summed E-state index contributed by atoms with van der Waals surface area (Å²) in [7, 11) is 1.71. The molecule has 0 amide bonds. The molecule has 0 aromatic heterocycles. The molecule has 156 valence electrons. The predicted molar refractivity (Wildman–Crippen MR) is 115 cm³/mol. The fraction of sp³-hybridized carbons (Fsp3) is 0.346. The third-order valence-electron chi connectivity index (χ3n) is 6.25. The third-order valence-corrected chi connectivity index (χ3v) is 6.25. The normalized spacial score (nSPS) is 18.9. The van der Waals surface area contributed by atoms with Crippen molar-refractivity contribution in [3.05, 3.63) is 77.6 Å². The highest BCUT2D eigenvalue weighted by Gasteiger charge is 2.27. The summed E-state index contributed by atoms with van der Waals surface area (Å²) in [5, 5.41) is 1.80. The Morgan fingerprint density at radius 2 is 1.67 bits per heavy atom. The summed E-state index contributed by atoms with van der Waals surface area (Å²) in [5.41, 5.74) is 2.71. The maximum Gasteiger partial charge on any atom is 0.373 e. The fourth-order valence-electron chi connectivity index (χ4n) is 4.82. The number of ether oxygens (including phenoxy) is 1. The van der Waals surface area contributed by atoms with Crippen molar-refractivity contribution in [2.75, 3.05) is 7.11 Å². The summed E-state index contributed by atoms with van der Waals surface area (Å²) < 4.78 is 19.4. The van der Waals surface area contributed by atoms with Crippen LogP contribution in [0.25, 0.3) is 10.8 Å². The fourth-order valence-corrected chi connectivity index (χ4v) is 4.82. The molecule has 4 rings (SSSR count). The zero-order valence-corrected chi connectivity index (χ0v) is 17.4. The van der Waals surface area contributed by atoms with Gasteiger partial charge in [0.2, 0.25) is 0 Å². The monoisotopic (exact) mass is 406 g/mol. The molecule has 1 fully saturated rings. The molecule has 3 nitrogen and oxygen atoms in total. The average Bonchev–Trinajstić information content (AvgIpc) is 3.23. The summed E-state index contributed by atoms with van der Waals surface area (Å²) in [4.78, 5) is 16.2. The lowest BCUT2D eigenvalue weighted by molar-refractivity contribution is -0.191. The van der Waals surface area contributed by atoms with Crippen molar-refractivity contribution in [1.82, 2.24) is 0 Å². The maximum absolute atomic E-state index is 14.1. The molecule has 3 aromatic carbocycles. The number of hydrogen-bond donors (Lipinski definition) is 0. The molecule has 1 saturated carbocycles. The van der Waals surface area contributed by atoms with Crippen molar-refractivity contribution >= 4 is 16.9 Å². The van der Waals surface area contributed by atoms with Crippen LogP contribution in [0.5, 0.6) is 5.75 Å². The van der Waals surface area contributed by atoms with Gasteiger partial charge in [0.25, 0.3) is 0 Å². The largest absolute Gasteiger partial charge is 0.497 e. The van der Waals surface area contributed by atoms with Crippen LogP contribution in [0, 0.1) is 11.7 Å². The van der Waals surface area contributed by atoms with Crippen molar-refractivity contribution in [3.8, 4) is 5.75 Å². The quantitative estimate of drug-likeness (QED) is 0.487. The van der Waals surface area contributed by atoms with Crippen molar-refractivity contribution in [2.45, 2.75) is 44.4 Å². The molecule has 0 aliphatic heterocycles. The zero-order chi connectivity index (χ0) is 21.5. The summed E-state index contributed by atoms with van der Waals surface area (Å²) in [6, 6.07) is 20.0. The Bertz CT molecular complexity index is 1010. The highest BCUT2D eigenvalue weighted by atomic mass is 19.1. The van der Waals surface area contributed by atoms with Gasteiger partial charge in [-0.2, -0.15) is 9.59 Å². The van der Waals surface area contributed by atoms with E-state index in [1.807, 2.05) is 18.2 Å². The first-order valence-electron chi connectivity index (χ1n) is 10.4. The minimum absolute atomic E-state index is 0.123. The Morgan fingerprint density at radius 1 is 1.00 bits per heavy atom. The molecule has 3 aromatic rings. The molecule has 0 spiro atoms. The number of rotatable bonds is 5. The first-order chi connectivity index (χ1) is 14.6. The van der Waals surface area contributed by atoms with Crippen LogP contribution >= 0.6 is 0 Å². The van der Waals surface area contributed by atoms with E-state index >= 15 is 0 Å². The first kappa shape index (κ1) is 21.7. The van der Waals surface area contributed by atoms with Crippen LogP contribution in [0.3, 0.4) is 0 Å². The standard InChI is InChI=1S/C25H27FO.CO2/c1-17(22-5-3-7-24-23(22)6-4-8-25(24)26)15-18-9-10-20(16-18)19-11-13-21(27-2)14-12-19;2-1-3/h3-8,11-14,17-18,20H,9-10,15-16H2,1-2H3;/t17-,18?,20+;/m0./s1. The van der Waals surface area contributed by atoms with Gasteiger partial charge in [-0.05, 0) is 78.1 Å². The van der Waals surface area contributed by atoms with Gasteiger partial charge in [0.1, 0.15) is 11.6 Å². The molecule has 4 heteroatoms. The Hall–Kier alpha value is -2.97. The number of methoxy groups -OCH3 is 1. The minimum Gasteiger partial charge on any atom is -0.497 e. The predicted octanol–water partition coefficient (Wildman–Crippen LogP) is 6.48. The highest BCUT2D eigenvalue weighted by molar-refractivity contribution is 5.86. The lowest BCUT2D eigenvalue weighted by Gasteiger charge is -2.19. The van der Waals surface area contributed by atoms with E-state index in [2.05, 4.69) is 43.3 Å². The van der Waals surface area contributed by atoms with E-state index < -0.39 is 0 Å². The second-order valence-corrected chi connectivity index (χ2v) is 8.05. The molecule has 0 N–H and O–H groups in total. The summed E-state index contributed by atoms with van der Waals surface area (Å²) in [6.45, 7) is 2.29. The maximum atomic E-state index is 14.1. The summed E-state index contributed by atoms with van der Waals surface area (Å²) in [6.07, 6.45) is 5.20.